The van der Waals surface area contributed by atoms with Gasteiger partial charge in [-0.15, -0.1) is 24.0 Å². The van der Waals surface area contributed by atoms with Gasteiger partial charge in [0.15, 0.2) is 17.5 Å². The Morgan fingerprint density at radius 2 is 2.10 bits per heavy atom. The first-order chi connectivity index (χ1) is 13.5. The highest BCUT2D eigenvalue weighted by Gasteiger charge is 2.29. The van der Waals surface area contributed by atoms with Crippen molar-refractivity contribution in [3.05, 3.63) is 41.7 Å². The quantitative estimate of drug-likeness (QED) is 0.389. The Morgan fingerprint density at radius 1 is 1.31 bits per heavy atom. The first-order valence-electron chi connectivity index (χ1n) is 9.80. The Balaban J connectivity index is 0.00000240. The third-order valence-corrected chi connectivity index (χ3v) is 5.74. The minimum absolute atomic E-state index is 0. The summed E-state index contributed by atoms with van der Waals surface area (Å²) in [5.41, 5.74) is 2.45. The molecule has 29 heavy (non-hydrogen) atoms. The van der Waals surface area contributed by atoms with E-state index in [0.29, 0.717) is 12.7 Å². The zero-order chi connectivity index (χ0) is 19.7. The van der Waals surface area contributed by atoms with Gasteiger partial charge in [0.25, 0.3) is 0 Å². The van der Waals surface area contributed by atoms with Crippen molar-refractivity contribution < 1.29 is 9.47 Å². The first kappa shape index (κ1) is 21.7. The summed E-state index contributed by atoms with van der Waals surface area (Å²) < 4.78 is 12.8. The van der Waals surface area contributed by atoms with Crippen LogP contribution in [0.25, 0.3) is 0 Å². The number of aromatic nitrogens is 2. The summed E-state index contributed by atoms with van der Waals surface area (Å²) in [5.74, 6) is 3.12. The summed E-state index contributed by atoms with van der Waals surface area (Å²) in [5, 5.41) is 7.89. The third kappa shape index (κ3) is 4.62. The molecule has 0 amide bonds. The summed E-state index contributed by atoms with van der Waals surface area (Å²) in [6.45, 7) is 7.52. The zero-order valence-corrected chi connectivity index (χ0v) is 19.8. The Hall–Kier alpha value is -1.97. The molecule has 1 aromatic heterocycles. The Kier molecular flexibility index (Phi) is 6.60. The molecule has 2 aliphatic heterocycles. The van der Waals surface area contributed by atoms with Crippen molar-refractivity contribution in [1.82, 2.24) is 20.0 Å². The Morgan fingerprint density at radius 3 is 2.83 bits per heavy atom. The highest BCUT2D eigenvalue weighted by Crippen LogP contribution is 2.36. The van der Waals surface area contributed by atoms with Crippen LogP contribution in [0.4, 0.5) is 0 Å². The van der Waals surface area contributed by atoms with Crippen LogP contribution in [0, 0.1) is 0 Å². The summed E-state index contributed by atoms with van der Waals surface area (Å²) in [6.07, 6.45) is 5.22. The molecule has 7 nitrogen and oxygen atoms in total. The van der Waals surface area contributed by atoms with E-state index in [9.17, 15) is 0 Å². The van der Waals surface area contributed by atoms with Gasteiger partial charge in [-0.1, -0.05) is 19.9 Å². The number of halogens is 1. The largest absolute Gasteiger partial charge is 0.454 e. The molecular formula is C21H30IN5O2. The SMILES string of the molecule is CN=C(NCC(C)(C)c1ccc2c(c1)OCO2)N1CCC(c2cnn(C)c2)C1.I. The van der Waals surface area contributed by atoms with Crippen LogP contribution in [0.15, 0.2) is 35.6 Å². The molecule has 1 aromatic carbocycles. The van der Waals surface area contributed by atoms with Crippen molar-refractivity contribution in [3.63, 3.8) is 0 Å². The number of hydrogen-bond donors (Lipinski definition) is 1. The van der Waals surface area contributed by atoms with Gasteiger partial charge in [0.1, 0.15) is 0 Å². The Labute approximate surface area is 189 Å². The number of nitrogens with zero attached hydrogens (tertiary/aromatic N) is 4. The molecule has 0 aliphatic carbocycles. The van der Waals surface area contributed by atoms with E-state index in [0.717, 1.165) is 43.5 Å². The number of aryl methyl sites for hydroxylation is 1. The standard InChI is InChI=1S/C21H29N5O2.HI/c1-21(2,17-5-6-18-19(9-17)28-14-27-18)13-23-20(22-3)26-8-7-15(12-26)16-10-24-25(4)11-16;/h5-6,9-11,15H,7-8,12-14H2,1-4H3,(H,22,23);1H. The fourth-order valence-corrected chi connectivity index (χ4v) is 3.93. The first-order valence-corrected chi connectivity index (χ1v) is 9.80. The predicted molar refractivity (Wildman–Crippen MR) is 125 cm³/mol. The van der Waals surface area contributed by atoms with Gasteiger partial charge < -0.3 is 19.7 Å². The van der Waals surface area contributed by atoms with Crippen LogP contribution in [0.3, 0.4) is 0 Å². The lowest BCUT2D eigenvalue weighted by Gasteiger charge is -2.29. The normalized spacial score (nSPS) is 18.7. The van der Waals surface area contributed by atoms with Gasteiger partial charge in [0, 0.05) is 51.3 Å². The van der Waals surface area contributed by atoms with Gasteiger partial charge in [-0.25, -0.2) is 0 Å². The van der Waals surface area contributed by atoms with Crippen LogP contribution >= 0.6 is 24.0 Å². The Bertz CT molecular complexity index is 880. The van der Waals surface area contributed by atoms with Crippen molar-refractivity contribution in [2.75, 3.05) is 33.5 Å². The third-order valence-electron chi connectivity index (χ3n) is 5.74. The number of nitrogens with one attached hydrogen (secondary N) is 1. The lowest BCUT2D eigenvalue weighted by molar-refractivity contribution is 0.174. The van der Waals surface area contributed by atoms with Crippen LogP contribution in [-0.4, -0.2) is 54.1 Å². The van der Waals surface area contributed by atoms with Crippen molar-refractivity contribution >= 4 is 29.9 Å². The molecule has 158 valence electrons. The van der Waals surface area contributed by atoms with Crippen LogP contribution in [-0.2, 0) is 12.5 Å². The molecule has 2 aromatic rings. The maximum absolute atomic E-state index is 5.54. The number of fused-ring (bicyclic) bond motifs is 1. The van der Waals surface area contributed by atoms with Crippen LogP contribution in [0.2, 0.25) is 0 Å². The topological polar surface area (TPSA) is 63.9 Å². The maximum Gasteiger partial charge on any atom is 0.231 e. The average Bonchev–Trinajstić information content (AvgIpc) is 3.41. The van der Waals surface area contributed by atoms with E-state index >= 15 is 0 Å². The van der Waals surface area contributed by atoms with E-state index in [-0.39, 0.29) is 29.4 Å². The minimum Gasteiger partial charge on any atom is -0.454 e. The molecule has 0 bridgehead atoms. The van der Waals surface area contributed by atoms with Crippen molar-refractivity contribution in [2.45, 2.75) is 31.6 Å². The fraction of sp³-hybridized carbons (Fsp3) is 0.524. The second-order valence-corrected chi connectivity index (χ2v) is 8.23. The molecule has 1 unspecified atom stereocenters. The molecule has 8 heteroatoms. The van der Waals surface area contributed by atoms with E-state index in [1.54, 1.807) is 0 Å². The number of aliphatic imine (C=N–C) groups is 1. The van der Waals surface area contributed by atoms with Crippen LogP contribution in [0.1, 0.15) is 37.3 Å². The fourth-order valence-electron chi connectivity index (χ4n) is 3.93. The average molecular weight is 511 g/mol. The summed E-state index contributed by atoms with van der Waals surface area (Å²) in [6, 6.07) is 6.19. The summed E-state index contributed by atoms with van der Waals surface area (Å²) >= 11 is 0. The number of likely N-dealkylation sites (tertiary alicyclic amines) is 1. The number of ether oxygens (including phenoxy) is 2. The maximum atomic E-state index is 5.54. The highest BCUT2D eigenvalue weighted by atomic mass is 127. The lowest BCUT2D eigenvalue weighted by Crippen LogP contribution is -2.45. The molecule has 1 fully saturated rings. The molecule has 1 atom stereocenters. The lowest BCUT2D eigenvalue weighted by atomic mass is 9.84. The summed E-state index contributed by atoms with van der Waals surface area (Å²) in [7, 11) is 3.82. The molecule has 0 saturated carbocycles. The van der Waals surface area contributed by atoms with Gasteiger partial charge in [-0.05, 0) is 29.7 Å². The highest BCUT2D eigenvalue weighted by molar-refractivity contribution is 14.0. The minimum atomic E-state index is -0.0700. The molecule has 1 saturated heterocycles. The van der Waals surface area contributed by atoms with Crippen molar-refractivity contribution in [3.8, 4) is 11.5 Å². The van der Waals surface area contributed by atoms with Crippen LogP contribution < -0.4 is 14.8 Å². The predicted octanol–water partition coefficient (Wildman–Crippen LogP) is 3.11. The van der Waals surface area contributed by atoms with Gasteiger partial charge in [0.05, 0.1) is 6.20 Å². The molecule has 0 spiro atoms. The van der Waals surface area contributed by atoms with E-state index in [4.69, 9.17) is 9.47 Å². The number of rotatable bonds is 4. The van der Waals surface area contributed by atoms with Gasteiger partial charge in [-0.2, -0.15) is 5.10 Å². The smallest absolute Gasteiger partial charge is 0.231 e. The van der Waals surface area contributed by atoms with Gasteiger partial charge in [0.2, 0.25) is 6.79 Å². The van der Waals surface area contributed by atoms with E-state index in [2.05, 4.69) is 52.5 Å². The van der Waals surface area contributed by atoms with E-state index in [1.807, 2.05) is 31.0 Å². The molecular weight excluding hydrogens is 481 g/mol. The second-order valence-electron chi connectivity index (χ2n) is 8.23. The number of guanidine groups is 1. The zero-order valence-electron chi connectivity index (χ0n) is 17.5. The number of hydrogen-bond acceptors (Lipinski definition) is 4. The summed E-state index contributed by atoms with van der Waals surface area (Å²) in [4.78, 5) is 6.86. The second kappa shape index (κ2) is 8.81. The molecule has 2 aliphatic rings. The van der Waals surface area contributed by atoms with E-state index < -0.39 is 0 Å². The van der Waals surface area contributed by atoms with Crippen molar-refractivity contribution in [1.29, 1.82) is 0 Å². The molecule has 0 radical (unpaired) electrons. The van der Waals surface area contributed by atoms with Gasteiger partial charge >= 0.3 is 0 Å². The number of benzene rings is 1. The van der Waals surface area contributed by atoms with Crippen LogP contribution in [0.5, 0.6) is 11.5 Å². The van der Waals surface area contributed by atoms with Crippen molar-refractivity contribution in [2.24, 2.45) is 12.0 Å². The molecule has 4 rings (SSSR count). The van der Waals surface area contributed by atoms with E-state index in [1.165, 1.54) is 11.1 Å². The monoisotopic (exact) mass is 511 g/mol. The molecule has 1 N–H and O–H groups in total. The van der Waals surface area contributed by atoms with Gasteiger partial charge in [-0.3, -0.25) is 9.67 Å². The molecule has 3 heterocycles.